The van der Waals surface area contributed by atoms with Crippen LogP contribution < -0.4 is 5.32 Å². The van der Waals surface area contributed by atoms with Gasteiger partial charge in [-0.25, -0.2) is 9.78 Å². The molecule has 1 amide bonds. The summed E-state index contributed by atoms with van der Waals surface area (Å²) in [6.45, 7) is 0.409. The summed E-state index contributed by atoms with van der Waals surface area (Å²) < 4.78 is 0. The molecule has 1 heterocycles. The standard InChI is InChI=1S/C19H16N2O3S/c22-18(20-11-10-17-21-16(12-25-17)19(23)24)15-8-6-14(7-9-15)13-4-2-1-3-5-13/h1-9,12H,10-11H2,(H,20,22)(H,23,24). The van der Waals surface area contributed by atoms with Gasteiger partial charge in [-0.1, -0.05) is 42.5 Å². The zero-order valence-corrected chi connectivity index (χ0v) is 14.1. The van der Waals surface area contributed by atoms with E-state index in [0.29, 0.717) is 23.5 Å². The van der Waals surface area contributed by atoms with Gasteiger partial charge in [0.1, 0.15) is 0 Å². The van der Waals surface area contributed by atoms with Gasteiger partial charge in [-0.15, -0.1) is 11.3 Å². The first-order chi connectivity index (χ1) is 12.1. The molecule has 0 spiro atoms. The van der Waals surface area contributed by atoms with Gasteiger partial charge in [0.2, 0.25) is 0 Å². The number of amides is 1. The fourth-order valence-electron chi connectivity index (χ4n) is 2.35. The number of hydrogen-bond donors (Lipinski definition) is 2. The van der Waals surface area contributed by atoms with Crippen LogP contribution in [0.25, 0.3) is 11.1 Å². The molecular formula is C19H16N2O3S. The second kappa shape index (κ2) is 7.72. The number of aromatic carboxylic acids is 1. The maximum absolute atomic E-state index is 12.2. The summed E-state index contributed by atoms with van der Waals surface area (Å²) in [5.74, 6) is -1.19. The molecule has 3 rings (SSSR count). The molecule has 1 aromatic heterocycles. The van der Waals surface area contributed by atoms with Crippen LogP contribution in [0.1, 0.15) is 25.9 Å². The molecule has 0 saturated carbocycles. The predicted molar refractivity (Wildman–Crippen MR) is 97.0 cm³/mol. The number of rotatable bonds is 6. The molecule has 0 atom stereocenters. The smallest absolute Gasteiger partial charge is 0.355 e. The minimum atomic E-state index is -1.04. The summed E-state index contributed by atoms with van der Waals surface area (Å²) in [4.78, 5) is 27.0. The Balaban J connectivity index is 1.55. The van der Waals surface area contributed by atoms with Crippen LogP contribution in [0.2, 0.25) is 0 Å². The molecule has 0 fully saturated rings. The maximum atomic E-state index is 12.2. The average Bonchev–Trinajstić information content (AvgIpc) is 3.12. The Morgan fingerprint density at radius 2 is 1.68 bits per heavy atom. The number of carboxylic acids is 1. The number of carbonyl (C=O) groups excluding carboxylic acids is 1. The Morgan fingerprint density at radius 1 is 1.00 bits per heavy atom. The van der Waals surface area contributed by atoms with Crippen LogP contribution >= 0.6 is 11.3 Å². The number of thiazole rings is 1. The molecule has 2 N–H and O–H groups in total. The lowest BCUT2D eigenvalue weighted by Gasteiger charge is -2.06. The minimum Gasteiger partial charge on any atom is -0.476 e. The number of carboxylic acid groups (broad SMARTS) is 1. The van der Waals surface area contributed by atoms with Crippen molar-refractivity contribution in [2.75, 3.05) is 6.54 Å². The monoisotopic (exact) mass is 352 g/mol. The van der Waals surface area contributed by atoms with E-state index in [1.165, 1.54) is 16.7 Å². The molecule has 5 nitrogen and oxygen atoms in total. The van der Waals surface area contributed by atoms with Gasteiger partial charge in [0.15, 0.2) is 5.69 Å². The van der Waals surface area contributed by atoms with E-state index in [4.69, 9.17) is 5.11 Å². The van der Waals surface area contributed by atoms with E-state index < -0.39 is 5.97 Å². The van der Waals surface area contributed by atoms with Gasteiger partial charge in [0.25, 0.3) is 5.91 Å². The van der Waals surface area contributed by atoms with Crippen molar-refractivity contribution < 1.29 is 14.7 Å². The third-order valence-electron chi connectivity index (χ3n) is 3.65. The van der Waals surface area contributed by atoms with Crippen molar-refractivity contribution in [2.45, 2.75) is 6.42 Å². The highest BCUT2D eigenvalue weighted by molar-refractivity contribution is 7.09. The molecule has 0 saturated heterocycles. The zero-order valence-electron chi connectivity index (χ0n) is 13.3. The van der Waals surface area contributed by atoms with Gasteiger partial charge in [0, 0.05) is 23.9 Å². The lowest BCUT2D eigenvalue weighted by molar-refractivity contribution is 0.0690. The molecule has 2 aromatic carbocycles. The van der Waals surface area contributed by atoms with Gasteiger partial charge in [0.05, 0.1) is 5.01 Å². The highest BCUT2D eigenvalue weighted by Crippen LogP contribution is 2.19. The Bertz CT molecular complexity index is 873. The quantitative estimate of drug-likeness (QED) is 0.712. The van der Waals surface area contributed by atoms with Crippen LogP contribution in [0, 0.1) is 0 Å². The van der Waals surface area contributed by atoms with Crippen molar-refractivity contribution in [1.82, 2.24) is 10.3 Å². The molecule has 0 bridgehead atoms. The van der Waals surface area contributed by atoms with E-state index in [1.54, 1.807) is 12.1 Å². The van der Waals surface area contributed by atoms with Gasteiger partial charge < -0.3 is 10.4 Å². The highest BCUT2D eigenvalue weighted by atomic mass is 32.1. The van der Waals surface area contributed by atoms with Crippen molar-refractivity contribution in [2.24, 2.45) is 0 Å². The minimum absolute atomic E-state index is 0.0443. The second-order valence-corrected chi connectivity index (χ2v) is 6.32. The second-order valence-electron chi connectivity index (χ2n) is 5.38. The Kier molecular flexibility index (Phi) is 5.20. The number of hydrogen-bond acceptors (Lipinski definition) is 4. The van der Waals surface area contributed by atoms with Crippen LogP contribution in [0.4, 0.5) is 0 Å². The largest absolute Gasteiger partial charge is 0.476 e. The van der Waals surface area contributed by atoms with Gasteiger partial charge in [-0.2, -0.15) is 0 Å². The molecule has 0 aliphatic rings. The van der Waals surface area contributed by atoms with E-state index in [-0.39, 0.29) is 11.6 Å². The van der Waals surface area contributed by atoms with E-state index in [9.17, 15) is 9.59 Å². The molecule has 126 valence electrons. The maximum Gasteiger partial charge on any atom is 0.355 e. The molecule has 25 heavy (non-hydrogen) atoms. The topological polar surface area (TPSA) is 79.3 Å². The molecule has 6 heteroatoms. The number of aromatic nitrogens is 1. The van der Waals surface area contributed by atoms with E-state index in [1.807, 2.05) is 42.5 Å². The van der Waals surface area contributed by atoms with Crippen LogP contribution in [0.5, 0.6) is 0 Å². The van der Waals surface area contributed by atoms with E-state index in [2.05, 4.69) is 10.3 Å². The summed E-state index contributed by atoms with van der Waals surface area (Å²) in [5, 5.41) is 13.9. The van der Waals surface area contributed by atoms with Crippen LogP contribution in [-0.2, 0) is 6.42 Å². The van der Waals surface area contributed by atoms with Crippen molar-refractivity contribution in [3.8, 4) is 11.1 Å². The summed E-state index contributed by atoms with van der Waals surface area (Å²) in [7, 11) is 0. The first kappa shape index (κ1) is 16.9. The van der Waals surface area contributed by atoms with Crippen LogP contribution in [0.3, 0.4) is 0 Å². The van der Waals surface area contributed by atoms with Crippen molar-refractivity contribution in [3.63, 3.8) is 0 Å². The summed E-state index contributed by atoms with van der Waals surface area (Å²) in [5.41, 5.74) is 2.79. The Labute approximate surface area is 149 Å². The number of nitrogens with zero attached hydrogens (tertiary/aromatic N) is 1. The van der Waals surface area contributed by atoms with E-state index in [0.717, 1.165) is 11.1 Å². The summed E-state index contributed by atoms with van der Waals surface area (Å²) in [6, 6.07) is 17.4. The molecule has 0 aliphatic heterocycles. The predicted octanol–water partition coefficient (Wildman–Crippen LogP) is 3.48. The van der Waals surface area contributed by atoms with Crippen molar-refractivity contribution >= 4 is 23.2 Å². The lowest BCUT2D eigenvalue weighted by atomic mass is 10.0. The molecule has 0 unspecified atom stereocenters. The van der Waals surface area contributed by atoms with Crippen molar-refractivity contribution in [1.29, 1.82) is 0 Å². The van der Waals surface area contributed by atoms with Gasteiger partial charge in [-0.05, 0) is 23.3 Å². The van der Waals surface area contributed by atoms with E-state index >= 15 is 0 Å². The third kappa shape index (κ3) is 4.30. The summed E-state index contributed by atoms with van der Waals surface area (Å²) in [6.07, 6.45) is 0.506. The van der Waals surface area contributed by atoms with Crippen molar-refractivity contribution in [3.05, 3.63) is 76.2 Å². The fourth-order valence-corrected chi connectivity index (χ4v) is 3.13. The number of benzene rings is 2. The van der Waals surface area contributed by atoms with Gasteiger partial charge in [-0.3, -0.25) is 4.79 Å². The molecule has 0 radical (unpaired) electrons. The first-order valence-electron chi connectivity index (χ1n) is 7.75. The molecular weight excluding hydrogens is 336 g/mol. The molecule has 3 aromatic rings. The number of carbonyl (C=O) groups is 2. The fraction of sp³-hybridized carbons (Fsp3) is 0.105. The Hall–Kier alpha value is -2.99. The third-order valence-corrected chi connectivity index (χ3v) is 4.56. The van der Waals surface area contributed by atoms with Crippen LogP contribution in [-0.4, -0.2) is 28.5 Å². The zero-order chi connectivity index (χ0) is 17.6. The normalized spacial score (nSPS) is 10.4. The summed E-state index contributed by atoms with van der Waals surface area (Å²) >= 11 is 1.28. The highest BCUT2D eigenvalue weighted by Gasteiger charge is 2.09. The molecule has 0 aliphatic carbocycles. The average molecular weight is 352 g/mol. The SMILES string of the molecule is O=C(NCCc1nc(C(=O)O)cs1)c1ccc(-c2ccccc2)cc1. The van der Waals surface area contributed by atoms with Gasteiger partial charge >= 0.3 is 5.97 Å². The Morgan fingerprint density at radius 3 is 2.32 bits per heavy atom. The first-order valence-corrected chi connectivity index (χ1v) is 8.63. The van der Waals surface area contributed by atoms with Crippen LogP contribution in [0.15, 0.2) is 60.0 Å². The number of nitrogens with one attached hydrogen (secondary N) is 1. The lowest BCUT2D eigenvalue weighted by Crippen LogP contribution is -2.25.